The van der Waals surface area contributed by atoms with Crippen molar-refractivity contribution in [3.05, 3.63) is 82.7 Å². The molecule has 180 valence electrons. The van der Waals surface area contributed by atoms with Crippen LogP contribution < -0.4 is 10.1 Å². The number of hydrogen-bond donors (Lipinski definition) is 2. The summed E-state index contributed by atoms with van der Waals surface area (Å²) in [6, 6.07) is 15.3. The molecular formula is C24H25F3N4O3. The predicted molar refractivity (Wildman–Crippen MR) is 118 cm³/mol. The number of hydrogen-bond acceptors (Lipinski definition) is 5. The number of fused-ring (bicyclic) bond motifs is 1. The van der Waals surface area contributed by atoms with E-state index in [1.54, 1.807) is 16.8 Å². The van der Waals surface area contributed by atoms with Gasteiger partial charge in [-0.3, -0.25) is 14.4 Å². The summed E-state index contributed by atoms with van der Waals surface area (Å²) >= 11 is 0. The maximum absolute atomic E-state index is 13.0. The predicted octanol–water partition coefficient (Wildman–Crippen LogP) is 3.26. The van der Waals surface area contributed by atoms with Crippen molar-refractivity contribution in [2.24, 2.45) is 0 Å². The normalized spacial score (nSPS) is 14.0. The molecule has 0 saturated heterocycles. The lowest BCUT2D eigenvalue weighted by molar-refractivity contribution is -0.274. The van der Waals surface area contributed by atoms with Crippen molar-refractivity contribution in [3.63, 3.8) is 0 Å². The van der Waals surface area contributed by atoms with Gasteiger partial charge in [-0.25, -0.2) is 0 Å². The SMILES string of the molecule is O=C(NCc1ccccc1)c1nn(CCO)c2c1CN(Cc1ccc(OC(F)(F)F)cc1)CC2. The van der Waals surface area contributed by atoms with E-state index in [0.29, 0.717) is 44.8 Å². The molecule has 2 aromatic carbocycles. The molecule has 0 unspecified atom stereocenters. The van der Waals surface area contributed by atoms with Crippen molar-refractivity contribution >= 4 is 5.91 Å². The molecule has 0 radical (unpaired) electrons. The van der Waals surface area contributed by atoms with Crippen molar-refractivity contribution in [1.82, 2.24) is 20.0 Å². The Morgan fingerprint density at radius 1 is 1.09 bits per heavy atom. The minimum absolute atomic E-state index is 0.0880. The van der Waals surface area contributed by atoms with E-state index in [2.05, 4.69) is 20.1 Å². The molecule has 0 atom stereocenters. The summed E-state index contributed by atoms with van der Waals surface area (Å²) in [7, 11) is 0. The number of aromatic nitrogens is 2. The van der Waals surface area contributed by atoms with Crippen molar-refractivity contribution in [2.45, 2.75) is 39.0 Å². The number of carbonyl (C=O) groups is 1. The average molecular weight is 474 g/mol. The molecule has 0 fully saturated rings. The van der Waals surface area contributed by atoms with Crippen LogP contribution in [0.4, 0.5) is 13.2 Å². The lowest BCUT2D eigenvalue weighted by Crippen LogP contribution is -2.32. The van der Waals surface area contributed by atoms with E-state index in [4.69, 9.17) is 0 Å². The monoisotopic (exact) mass is 474 g/mol. The number of nitrogens with zero attached hydrogens (tertiary/aromatic N) is 3. The molecule has 2 N–H and O–H groups in total. The number of alkyl halides is 3. The van der Waals surface area contributed by atoms with Gasteiger partial charge in [0.25, 0.3) is 5.91 Å². The maximum atomic E-state index is 13.0. The zero-order valence-corrected chi connectivity index (χ0v) is 18.4. The molecule has 2 heterocycles. The fraction of sp³-hybridized carbons (Fsp3) is 0.333. The number of nitrogens with one attached hydrogen (secondary N) is 1. The second-order valence-electron chi connectivity index (χ2n) is 8.04. The van der Waals surface area contributed by atoms with E-state index >= 15 is 0 Å². The third-order valence-corrected chi connectivity index (χ3v) is 5.60. The van der Waals surface area contributed by atoms with Crippen LogP contribution in [0.15, 0.2) is 54.6 Å². The van der Waals surface area contributed by atoms with Gasteiger partial charge in [-0.05, 0) is 23.3 Å². The summed E-state index contributed by atoms with van der Waals surface area (Å²) in [5, 5.41) is 16.8. The molecule has 0 saturated carbocycles. The van der Waals surface area contributed by atoms with Crippen LogP contribution in [0.25, 0.3) is 0 Å². The van der Waals surface area contributed by atoms with Gasteiger partial charge in [0.05, 0.1) is 13.2 Å². The van der Waals surface area contributed by atoms with Gasteiger partial charge in [0.15, 0.2) is 5.69 Å². The smallest absolute Gasteiger partial charge is 0.406 e. The minimum atomic E-state index is -4.73. The summed E-state index contributed by atoms with van der Waals surface area (Å²) in [5.41, 5.74) is 3.86. The molecule has 4 rings (SSSR count). The van der Waals surface area contributed by atoms with Gasteiger partial charge in [0, 0.05) is 43.9 Å². The van der Waals surface area contributed by atoms with Crippen LogP contribution in [-0.4, -0.2) is 45.2 Å². The van der Waals surface area contributed by atoms with Crippen LogP contribution in [0.1, 0.15) is 32.9 Å². The molecule has 7 nitrogen and oxygen atoms in total. The summed E-state index contributed by atoms with van der Waals surface area (Å²) in [4.78, 5) is 15.1. The lowest BCUT2D eigenvalue weighted by Gasteiger charge is -2.27. The first-order valence-corrected chi connectivity index (χ1v) is 10.9. The van der Waals surface area contributed by atoms with Gasteiger partial charge in [-0.1, -0.05) is 42.5 Å². The lowest BCUT2D eigenvalue weighted by atomic mass is 10.0. The van der Waals surface area contributed by atoms with Crippen LogP contribution in [0.3, 0.4) is 0 Å². The Bertz CT molecular complexity index is 1110. The quantitative estimate of drug-likeness (QED) is 0.524. The topological polar surface area (TPSA) is 79.6 Å². The molecule has 1 amide bonds. The Kier molecular flexibility index (Phi) is 7.18. The van der Waals surface area contributed by atoms with Crippen molar-refractivity contribution < 1.29 is 27.8 Å². The van der Waals surface area contributed by atoms with Gasteiger partial charge < -0.3 is 15.2 Å². The summed E-state index contributed by atoms with van der Waals surface area (Å²) in [6.45, 7) is 2.25. The molecule has 0 bridgehead atoms. The zero-order chi connectivity index (χ0) is 24.1. The highest BCUT2D eigenvalue weighted by atomic mass is 19.4. The largest absolute Gasteiger partial charge is 0.573 e. The van der Waals surface area contributed by atoms with Gasteiger partial charge in [0.2, 0.25) is 0 Å². The molecule has 10 heteroatoms. The average Bonchev–Trinajstić information content (AvgIpc) is 3.16. The van der Waals surface area contributed by atoms with Crippen LogP contribution in [0, 0.1) is 0 Å². The Balaban J connectivity index is 1.46. The third-order valence-electron chi connectivity index (χ3n) is 5.60. The third kappa shape index (κ3) is 5.95. The maximum Gasteiger partial charge on any atom is 0.573 e. The number of aliphatic hydroxyl groups excluding tert-OH is 1. The van der Waals surface area contributed by atoms with Crippen LogP contribution in [0.2, 0.25) is 0 Å². The van der Waals surface area contributed by atoms with E-state index in [-0.39, 0.29) is 18.3 Å². The Morgan fingerprint density at radius 2 is 1.82 bits per heavy atom. The molecule has 1 aromatic heterocycles. The van der Waals surface area contributed by atoms with Crippen molar-refractivity contribution in [3.8, 4) is 5.75 Å². The summed E-state index contributed by atoms with van der Waals surface area (Å²) in [5.74, 6) is -0.549. The van der Waals surface area contributed by atoms with E-state index in [1.165, 1.54) is 12.1 Å². The molecule has 34 heavy (non-hydrogen) atoms. The van der Waals surface area contributed by atoms with Gasteiger partial charge >= 0.3 is 6.36 Å². The number of aliphatic hydroxyl groups is 1. The van der Waals surface area contributed by atoms with Gasteiger partial charge in [0.1, 0.15) is 5.75 Å². The molecule has 0 spiro atoms. The molecule has 3 aromatic rings. The highest BCUT2D eigenvalue weighted by Crippen LogP contribution is 2.26. The van der Waals surface area contributed by atoms with Crippen molar-refractivity contribution in [2.75, 3.05) is 13.2 Å². The van der Waals surface area contributed by atoms with Crippen LogP contribution in [0.5, 0.6) is 5.75 Å². The number of amides is 1. The standard InChI is InChI=1S/C24H25F3N4O3/c25-24(26,27)34-19-8-6-18(7-9-19)15-30-11-10-21-20(16-30)22(29-31(21)12-13-32)23(33)28-14-17-4-2-1-3-5-17/h1-9,32H,10-16H2,(H,28,33). The summed E-state index contributed by atoms with van der Waals surface area (Å²) < 4.78 is 42.8. The fourth-order valence-corrected chi connectivity index (χ4v) is 4.06. The minimum Gasteiger partial charge on any atom is -0.406 e. The molecule has 0 aliphatic carbocycles. The first-order valence-electron chi connectivity index (χ1n) is 10.9. The Morgan fingerprint density at radius 3 is 2.50 bits per heavy atom. The highest BCUT2D eigenvalue weighted by molar-refractivity contribution is 5.94. The van der Waals surface area contributed by atoms with Crippen LogP contribution in [-0.2, 0) is 32.6 Å². The Hall–Kier alpha value is -3.37. The van der Waals surface area contributed by atoms with Gasteiger partial charge in [-0.15, -0.1) is 13.2 Å². The molecule has 1 aliphatic rings. The summed E-state index contributed by atoms with van der Waals surface area (Å²) in [6.07, 6.45) is -4.08. The number of halogens is 3. The van der Waals surface area contributed by atoms with E-state index < -0.39 is 6.36 Å². The fourth-order valence-electron chi connectivity index (χ4n) is 4.06. The van der Waals surface area contributed by atoms with E-state index in [1.807, 2.05) is 30.3 Å². The zero-order valence-electron chi connectivity index (χ0n) is 18.4. The number of carbonyl (C=O) groups excluding carboxylic acids is 1. The number of ether oxygens (including phenoxy) is 1. The molecular weight excluding hydrogens is 449 g/mol. The Labute approximate surface area is 194 Å². The van der Waals surface area contributed by atoms with Gasteiger partial charge in [-0.2, -0.15) is 5.10 Å². The first-order chi connectivity index (χ1) is 16.3. The van der Waals surface area contributed by atoms with E-state index in [0.717, 1.165) is 22.4 Å². The van der Waals surface area contributed by atoms with Crippen LogP contribution >= 0.6 is 0 Å². The number of rotatable bonds is 8. The van der Waals surface area contributed by atoms with E-state index in [9.17, 15) is 23.1 Å². The highest BCUT2D eigenvalue weighted by Gasteiger charge is 2.31. The first kappa shape index (κ1) is 23.8. The second kappa shape index (κ2) is 10.3. The second-order valence-corrected chi connectivity index (χ2v) is 8.04. The number of benzene rings is 2. The molecule has 1 aliphatic heterocycles. The van der Waals surface area contributed by atoms with Crippen molar-refractivity contribution in [1.29, 1.82) is 0 Å².